The number of pyridine rings is 1. The van der Waals surface area contributed by atoms with Crippen molar-refractivity contribution in [3.8, 4) is 11.3 Å². The van der Waals surface area contributed by atoms with Gasteiger partial charge in [0.1, 0.15) is 16.2 Å². The fraction of sp³-hybridized carbons (Fsp3) is 0.273. The van der Waals surface area contributed by atoms with Crippen LogP contribution in [0.1, 0.15) is 43.1 Å². The SMILES string of the molecule is CC(C)(C)OC(=O)CCNC(=O)c1ccn2cc(-c3ccc(C(N)=S)cc3)nc2c1. The van der Waals surface area contributed by atoms with Crippen LogP contribution in [0.4, 0.5) is 0 Å². The van der Waals surface area contributed by atoms with E-state index in [0.29, 0.717) is 16.2 Å². The topological polar surface area (TPSA) is 98.7 Å². The lowest BCUT2D eigenvalue weighted by molar-refractivity contribution is -0.154. The molecule has 3 N–H and O–H groups in total. The van der Waals surface area contributed by atoms with E-state index in [2.05, 4.69) is 10.3 Å². The fourth-order valence-electron chi connectivity index (χ4n) is 2.84. The van der Waals surface area contributed by atoms with Crippen LogP contribution in [0.2, 0.25) is 0 Å². The molecule has 7 nitrogen and oxygen atoms in total. The van der Waals surface area contributed by atoms with Crippen molar-refractivity contribution >= 4 is 34.7 Å². The first kappa shape index (κ1) is 21.4. The average Bonchev–Trinajstić information content (AvgIpc) is 3.09. The number of benzene rings is 1. The third-order valence-corrected chi connectivity index (χ3v) is 4.46. The Kier molecular flexibility index (Phi) is 6.17. The number of rotatable bonds is 6. The first-order valence-corrected chi connectivity index (χ1v) is 9.92. The van der Waals surface area contributed by atoms with Crippen LogP contribution in [0, 0.1) is 0 Å². The lowest BCUT2D eigenvalue weighted by atomic mass is 10.1. The van der Waals surface area contributed by atoms with E-state index in [1.54, 1.807) is 39.1 Å². The molecule has 0 aliphatic carbocycles. The highest BCUT2D eigenvalue weighted by Gasteiger charge is 2.16. The Labute approximate surface area is 180 Å². The maximum atomic E-state index is 12.4. The number of amides is 1. The van der Waals surface area contributed by atoms with Crippen molar-refractivity contribution in [1.29, 1.82) is 0 Å². The summed E-state index contributed by atoms with van der Waals surface area (Å²) in [5, 5.41) is 2.73. The number of hydrogen-bond acceptors (Lipinski definition) is 5. The molecule has 1 aromatic carbocycles. The molecule has 30 heavy (non-hydrogen) atoms. The van der Waals surface area contributed by atoms with Gasteiger partial charge in [-0.05, 0) is 32.9 Å². The number of ether oxygens (including phenoxy) is 1. The number of hydrogen-bond donors (Lipinski definition) is 2. The number of nitrogens with one attached hydrogen (secondary N) is 1. The summed E-state index contributed by atoms with van der Waals surface area (Å²) in [6.07, 6.45) is 3.77. The Morgan fingerprint density at radius 1 is 1.17 bits per heavy atom. The van der Waals surface area contributed by atoms with Gasteiger partial charge in [-0.2, -0.15) is 0 Å². The molecule has 0 aliphatic heterocycles. The van der Waals surface area contributed by atoms with Gasteiger partial charge in [0.15, 0.2) is 0 Å². The van der Waals surface area contributed by atoms with Crippen molar-refractivity contribution in [1.82, 2.24) is 14.7 Å². The summed E-state index contributed by atoms with van der Waals surface area (Å²) in [6, 6.07) is 10.9. The standard InChI is InChI=1S/C22H24N4O3S/c1-22(2,3)29-19(27)8-10-24-21(28)16-9-11-26-13-17(25-18(26)12-16)14-4-6-15(7-5-14)20(23)30/h4-7,9,11-13H,8,10H2,1-3H3,(H2,23,30)(H,24,28). The minimum atomic E-state index is -0.541. The normalized spacial score (nSPS) is 11.3. The number of nitrogens with two attached hydrogens (primary N) is 1. The van der Waals surface area contributed by atoms with Gasteiger partial charge in [-0.3, -0.25) is 9.59 Å². The number of carbonyl (C=O) groups excluding carboxylic acids is 2. The van der Waals surface area contributed by atoms with Gasteiger partial charge in [-0.1, -0.05) is 36.5 Å². The summed E-state index contributed by atoms with van der Waals surface area (Å²) in [7, 11) is 0. The lowest BCUT2D eigenvalue weighted by Gasteiger charge is -2.19. The molecule has 0 bridgehead atoms. The van der Waals surface area contributed by atoms with Gasteiger partial charge in [0.25, 0.3) is 5.91 Å². The molecule has 8 heteroatoms. The average molecular weight is 425 g/mol. The zero-order chi connectivity index (χ0) is 21.9. The number of fused-ring (bicyclic) bond motifs is 1. The summed E-state index contributed by atoms with van der Waals surface area (Å²) < 4.78 is 7.07. The van der Waals surface area contributed by atoms with Crippen LogP contribution in [0.3, 0.4) is 0 Å². The molecule has 0 atom stereocenters. The Balaban J connectivity index is 1.67. The Morgan fingerprint density at radius 3 is 2.50 bits per heavy atom. The van der Waals surface area contributed by atoms with Crippen LogP contribution in [0.5, 0.6) is 0 Å². The third kappa shape index (κ3) is 5.42. The predicted molar refractivity (Wildman–Crippen MR) is 119 cm³/mol. The first-order chi connectivity index (χ1) is 14.1. The van der Waals surface area contributed by atoms with E-state index < -0.39 is 5.60 Å². The highest BCUT2D eigenvalue weighted by atomic mass is 32.1. The maximum Gasteiger partial charge on any atom is 0.308 e. The van der Waals surface area contributed by atoms with Crippen molar-refractivity contribution in [3.63, 3.8) is 0 Å². The summed E-state index contributed by atoms with van der Waals surface area (Å²) in [4.78, 5) is 29.1. The molecule has 0 saturated carbocycles. The smallest absolute Gasteiger partial charge is 0.308 e. The van der Waals surface area contributed by atoms with Gasteiger partial charge in [0, 0.05) is 35.6 Å². The molecule has 2 heterocycles. The quantitative estimate of drug-likeness (QED) is 0.466. The second kappa shape index (κ2) is 8.62. The van der Waals surface area contributed by atoms with Crippen LogP contribution >= 0.6 is 12.2 Å². The Morgan fingerprint density at radius 2 is 1.87 bits per heavy atom. The number of carbonyl (C=O) groups is 2. The van der Waals surface area contributed by atoms with Crippen LogP contribution < -0.4 is 11.1 Å². The highest BCUT2D eigenvalue weighted by Crippen LogP contribution is 2.20. The molecular formula is C22H24N4O3S. The van der Waals surface area contributed by atoms with E-state index in [9.17, 15) is 9.59 Å². The number of aromatic nitrogens is 2. The minimum absolute atomic E-state index is 0.112. The van der Waals surface area contributed by atoms with Gasteiger partial charge in [-0.15, -0.1) is 0 Å². The molecule has 0 saturated heterocycles. The van der Waals surface area contributed by atoms with E-state index in [0.717, 1.165) is 16.8 Å². The zero-order valence-electron chi connectivity index (χ0n) is 17.1. The molecular weight excluding hydrogens is 400 g/mol. The van der Waals surface area contributed by atoms with Crippen molar-refractivity contribution in [2.45, 2.75) is 32.8 Å². The number of thiocarbonyl (C=S) groups is 1. The fourth-order valence-corrected chi connectivity index (χ4v) is 2.98. The highest BCUT2D eigenvalue weighted by molar-refractivity contribution is 7.80. The maximum absolute atomic E-state index is 12.4. The lowest BCUT2D eigenvalue weighted by Crippen LogP contribution is -2.29. The first-order valence-electron chi connectivity index (χ1n) is 9.51. The minimum Gasteiger partial charge on any atom is -0.460 e. The Hall–Kier alpha value is -3.26. The molecule has 2 aromatic heterocycles. The summed E-state index contributed by atoms with van der Waals surface area (Å²) >= 11 is 4.98. The summed E-state index contributed by atoms with van der Waals surface area (Å²) in [5.41, 5.74) is 8.68. The molecule has 156 valence electrons. The van der Waals surface area contributed by atoms with Gasteiger partial charge in [-0.25, -0.2) is 4.98 Å². The third-order valence-electron chi connectivity index (χ3n) is 4.22. The molecule has 0 spiro atoms. The van der Waals surface area contributed by atoms with Crippen LogP contribution in [-0.4, -0.2) is 38.4 Å². The van der Waals surface area contributed by atoms with Crippen molar-refractivity contribution in [3.05, 3.63) is 59.9 Å². The monoisotopic (exact) mass is 424 g/mol. The van der Waals surface area contributed by atoms with Gasteiger partial charge in [0.2, 0.25) is 0 Å². The van der Waals surface area contributed by atoms with Crippen molar-refractivity contribution in [2.75, 3.05) is 6.54 Å². The van der Waals surface area contributed by atoms with Crippen molar-refractivity contribution in [2.24, 2.45) is 5.73 Å². The van der Waals surface area contributed by atoms with E-state index in [1.165, 1.54) is 0 Å². The van der Waals surface area contributed by atoms with E-state index >= 15 is 0 Å². The van der Waals surface area contributed by atoms with E-state index in [1.807, 2.05) is 34.9 Å². The van der Waals surface area contributed by atoms with Gasteiger partial charge < -0.3 is 20.2 Å². The molecule has 3 rings (SSSR count). The van der Waals surface area contributed by atoms with Crippen LogP contribution in [0.15, 0.2) is 48.8 Å². The number of esters is 1. The molecule has 1 amide bonds. The van der Waals surface area contributed by atoms with E-state index in [-0.39, 0.29) is 24.8 Å². The summed E-state index contributed by atoms with van der Waals surface area (Å²) in [5.74, 6) is -0.621. The molecule has 0 aliphatic rings. The van der Waals surface area contributed by atoms with Gasteiger partial charge in [0.05, 0.1) is 12.1 Å². The van der Waals surface area contributed by atoms with Crippen LogP contribution in [-0.2, 0) is 9.53 Å². The van der Waals surface area contributed by atoms with Crippen molar-refractivity contribution < 1.29 is 14.3 Å². The molecule has 0 fully saturated rings. The molecule has 0 unspecified atom stereocenters. The summed E-state index contributed by atoms with van der Waals surface area (Å²) in [6.45, 7) is 5.62. The van der Waals surface area contributed by atoms with Gasteiger partial charge >= 0.3 is 5.97 Å². The molecule has 3 aromatic rings. The zero-order valence-corrected chi connectivity index (χ0v) is 18.0. The van der Waals surface area contributed by atoms with Crippen LogP contribution in [0.25, 0.3) is 16.9 Å². The largest absolute Gasteiger partial charge is 0.460 e. The Bertz CT molecular complexity index is 1100. The molecule has 0 radical (unpaired) electrons. The van der Waals surface area contributed by atoms with E-state index in [4.69, 9.17) is 22.7 Å². The number of nitrogens with zero attached hydrogens (tertiary/aromatic N) is 2. The number of imidazole rings is 1. The second-order valence-corrected chi connectivity index (χ2v) is 8.28. The second-order valence-electron chi connectivity index (χ2n) is 7.84. The predicted octanol–water partition coefficient (Wildman–Crippen LogP) is 3.10.